The van der Waals surface area contributed by atoms with E-state index in [1.54, 1.807) is 26.0 Å². The molecule has 35 heavy (non-hydrogen) atoms. The first kappa shape index (κ1) is 34.6. The number of hydrogen-bond acceptors (Lipinski definition) is 7. The van der Waals surface area contributed by atoms with Crippen molar-refractivity contribution in [1.29, 1.82) is 0 Å². The molecule has 1 rings (SSSR count). The van der Waals surface area contributed by atoms with E-state index in [4.69, 9.17) is 19.9 Å². The number of carbonyl (C=O) groups excluding carboxylic acids is 3. The lowest BCUT2D eigenvalue weighted by Gasteiger charge is -2.14. The number of anilines is 2. The minimum atomic E-state index is -0.308. The van der Waals surface area contributed by atoms with Crippen molar-refractivity contribution in [3.05, 3.63) is 23.8 Å². The lowest BCUT2D eigenvalue weighted by atomic mass is 10.1. The molecule has 0 saturated heterocycles. The Labute approximate surface area is 210 Å². The van der Waals surface area contributed by atoms with Crippen molar-refractivity contribution in [3.63, 3.8) is 0 Å². The summed E-state index contributed by atoms with van der Waals surface area (Å²) in [6, 6.07) is 4.72. The molecule has 5 N–H and O–H groups in total. The van der Waals surface area contributed by atoms with Crippen LogP contribution >= 0.6 is 0 Å². The second-order valence-electron chi connectivity index (χ2n) is 6.45. The van der Waals surface area contributed by atoms with Gasteiger partial charge >= 0.3 is 0 Å². The fraction of sp³-hybridized carbons (Fsp3) is 0.640. The van der Waals surface area contributed by atoms with Crippen LogP contribution in [0.2, 0.25) is 0 Å². The van der Waals surface area contributed by atoms with E-state index < -0.39 is 0 Å². The highest BCUT2D eigenvalue weighted by atomic mass is 16.5. The summed E-state index contributed by atoms with van der Waals surface area (Å²) in [4.78, 5) is 35.9. The maximum absolute atomic E-state index is 12.4. The Kier molecular flexibility index (Phi) is 24.3. The molecule has 10 nitrogen and oxygen atoms in total. The van der Waals surface area contributed by atoms with Crippen molar-refractivity contribution in [2.45, 2.75) is 54.4 Å². The summed E-state index contributed by atoms with van der Waals surface area (Å²) in [7, 11) is 0. The highest BCUT2D eigenvalue weighted by Crippen LogP contribution is 2.24. The lowest BCUT2D eigenvalue weighted by Crippen LogP contribution is -2.28. The minimum Gasteiger partial charge on any atom is -0.378 e. The van der Waals surface area contributed by atoms with Crippen molar-refractivity contribution in [2.24, 2.45) is 5.73 Å². The molecule has 0 aliphatic carbocycles. The molecule has 0 bridgehead atoms. The van der Waals surface area contributed by atoms with E-state index in [2.05, 4.69) is 16.0 Å². The predicted octanol–water partition coefficient (Wildman–Crippen LogP) is 3.17. The Balaban J connectivity index is 0. The zero-order valence-corrected chi connectivity index (χ0v) is 22.3. The molecule has 0 aliphatic heterocycles. The number of amides is 3. The summed E-state index contributed by atoms with van der Waals surface area (Å²) in [6.07, 6.45) is 0.579. The van der Waals surface area contributed by atoms with Gasteiger partial charge in [-0.15, -0.1) is 0 Å². The smallest absolute Gasteiger partial charge is 0.251 e. The van der Waals surface area contributed by atoms with Crippen molar-refractivity contribution >= 4 is 29.1 Å². The van der Waals surface area contributed by atoms with E-state index >= 15 is 0 Å². The lowest BCUT2D eigenvalue weighted by molar-refractivity contribution is -0.116. The maximum atomic E-state index is 12.4. The molecule has 0 spiro atoms. The van der Waals surface area contributed by atoms with Crippen molar-refractivity contribution in [2.75, 3.05) is 63.4 Å². The first-order chi connectivity index (χ1) is 17.0. The average Bonchev–Trinajstić information content (AvgIpc) is 2.90. The van der Waals surface area contributed by atoms with Gasteiger partial charge in [-0.3, -0.25) is 14.4 Å². The van der Waals surface area contributed by atoms with E-state index in [-0.39, 0.29) is 24.1 Å². The van der Waals surface area contributed by atoms with Gasteiger partial charge in [0.1, 0.15) is 0 Å². The van der Waals surface area contributed by atoms with Gasteiger partial charge in [-0.05, 0) is 18.2 Å². The Morgan fingerprint density at radius 3 is 1.74 bits per heavy atom. The van der Waals surface area contributed by atoms with Crippen LogP contribution in [0.1, 0.15) is 64.7 Å². The average molecular weight is 499 g/mol. The summed E-state index contributed by atoms with van der Waals surface area (Å²) in [5.74, 6) is -0.711. The molecule has 0 aromatic heterocycles. The van der Waals surface area contributed by atoms with E-state index in [1.807, 2.05) is 27.7 Å². The Hall–Kier alpha value is -2.53. The summed E-state index contributed by atoms with van der Waals surface area (Å²) in [5, 5.41) is 8.18. The van der Waals surface area contributed by atoms with Crippen LogP contribution in [0.25, 0.3) is 0 Å². The number of hydrogen-bond donors (Lipinski definition) is 4. The number of nitrogens with one attached hydrogen (secondary N) is 3. The quantitative estimate of drug-likeness (QED) is 0.257. The molecule has 0 heterocycles. The van der Waals surface area contributed by atoms with Gasteiger partial charge in [-0.1, -0.05) is 41.5 Å². The predicted molar refractivity (Wildman–Crippen MR) is 141 cm³/mol. The molecule has 202 valence electrons. The van der Waals surface area contributed by atoms with Crippen LogP contribution < -0.4 is 21.7 Å². The van der Waals surface area contributed by atoms with Crippen molar-refractivity contribution in [3.8, 4) is 0 Å². The molecule has 0 fully saturated rings. The monoisotopic (exact) mass is 498 g/mol. The van der Waals surface area contributed by atoms with Gasteiger partial charge in [-0.2, -0.15) is 0 Å². The molecule has 1 aromatic carbocycles. The van der Waals surface area contributed by atoms with Gasteiger partial charge in [0.25, 0.3) is 5.91 Å². The van der Waals surface area contributed by atoms with Gasteiger partial charge in [0.2, 0.25) is 11.8 Å². The van der Waals surface area contributed by atoms with Crippen molar-refractivity contribution < 1.29 is 28.6 Å². The van der Waals surface area contributed by atoms with Crippen LogP contribution in [0.5, 0.6) is 0 Å². The standard InChI is InChI=1S/C21H34N4O6.2C2H6/c1-3-19(26)24-17-6-5-16(15-18(17)25-20(27)4-2)21(28)23-8-10-30-12-14-31-13-11-29-9-7-22;2*1-2/h5-6,15H,3-4,7-14,22H2,1-2H3,(H,23,28)(H,24,26)(H,25,27);2*1-2H3. The number of nitrogens with two attached hydrogens (primary N) is 1. The third-order valence-corrected chi connectivity index (χ3v) is 4.01. The summed E-state index contributed by atoms with van der Waals surface area (Å²) in [5.41, 5.74) is 6.50. The van der Waals surface area contributed by atoms with Crippen LogP contribution in [0.3, 0.4) is 0 Å². The van der Waals surface area contributed by atoms with Crippen LogP contribution in [0.15, 0.2) is 18.2 Å². The molecule has 0 aliphatic rings. The van der Waals surface area contributed by atoms with Crippen LogP contribution in [-0.4, -0.2) is 70.5 Å². The Morgan fingerprint density at radius 2 is 1.23 bits per heavy atom. The minimum absolute atomic E-state index is 0.187. The molecular formula is C25H46N4O6. The fourth-order valence-electron chi connectivity index (χ4n) is 2.34. The van der Waals surface area contributed by atoms with E-state index in [0.717, 1.165) is 0 Å². The molecule has 0 saturated carbocycles. The van der Waals surface area contributed by atoms with Gasteiger partial charge in [0.15, 0.2) is 0 Å². The van der Waals surface area contributed by atoms with E-state index in [0.29, 0.717) is 76.1 Å². The topological polar surface area (TPSA) is 141 Å². The SMILES string of the molecule is CC.CC.CCC(=O)Nc1ccc(C(=O)NCCOCCOCCOCCN)cc1NC(=O)CC. The van der Waals surface area contributed by atoms with Crippen LogP contribution in [0, 0.1) is 0 Å². The van der Waals surface area contributed by atoms with Gasteiger partial charge in [-0.25, -0.2) is 0 Å². The number of rotatable bonds is 16. The molecule has 0 atom stereocenters. The summed E-state index contributed by atoms with van der Waals surface area (Å²) in [6.45, 7) is 14.9. The number of benzene rings is 1. The number of carbonyl (C=O) groups is 3. The maximum Gasteiger partial charge on any atom is 0.251 e. The van der Waals surface area contributed by atoms with E-state index in [9.17, 15) is 14.4 Å². The molecule has 1 aromatic rings. The molecule has 10 heteroatoms. The number of ether oxygens (including phenoxy) is 3. The third kappa shape index (κ3) is 17.5. The first-order valence-electron chi connectivity index (χ1n) is 12.5. The van der Waals surface area contributed by atoms with Crippen molar-refractivity contribution in [1.82, 2.24) is 5.32 Å². The summed E-state index contributed by atoms with van der Waals surface area (Å²) < 4.78 is 15.9. The zero-order chi connectivity index (χ0) is 26.9. The second kappa shape index (κ2) is 24.6. The van der Waals surface area contributed by atoms with E-state index in [1.165, 1.54) is 6.07 Å². The highest BCUT2D eigenvalue weighted by Gasteiger charge is 2.13. The molecule has 3 amide bonds. The highest BCUT2D eigenvalue weighted by molar-refractivity contribution is 6.02. The fourth-order valence-corrected chi connectivity index (χ4v) is 2.34. The van der Waals surface area contributed by atoms with Crippen LogP contribution in [0.4, 0.5) is 11.4 Å². The Morgan fingerprint density at radius 1 is 0.743 bits per heavy atom. The third-order valence-electron chi connectivity index (χ3n) is 4.01. The molecule has 0 radical (unpaired) electrons. The second-order valence-corrected chi connectivity index (χ2v) is 6.45. The molecular weight excluding hydrogens is 452 g/mol. The largest absolute Gasteiger partial charge is 0.378 e. The van der Waals surface area contributed by atoms with Crippen LogP contribution in [-0.2, 0) is 23.8 Å². The normalized spacial score (nSPS) is 9.69. The molecule has 0 unspecified atom stereocenters. The summed E-state index contributed by atoms with van der Waals surface area (Å²) >= 11 is 0. The zero-order valence-electron chi connectivity index (χ0n) is 22.3. The Bertz CT molecular complexity index is 701. The first-order valence-corrected chi connectivity index (χ1v) is 12.5. The van der Waals surface area contributed by atoms with Gasteiger partial charge < -0.3 is 35.9 Å². The van der Waals surface area contributed by atoms with Gasteiger partial charge in [0.05, 0.1) is 51.0 Å². The van der Waals surface area contributed by atoms with Gasteiger partial charge in [0, 0.05) is 31.5 Å².